The summed E-state index contributed by atoms with van der Waals surface area (Å²) in [4.78, 5) is 2.30. The topological polar surface area (TPSA) is 12.5 Å². The summed E-state index contributed by atoms with van der Waals surface area (Å²) < 4.78 is 5.87. The van der Waals surface area contributed by atoms with Crippen LogP contribution in [0.5, 0.6) is 5.75 Å². The summed E-state index contributed by atoms with van der Waals surface area (Å²) >= 11 is 0. The quantitative estimate of drug-likeness (QED) is 0.762. The Morgan fingerprint density at radius 3 is 2.53 bits per heavy atom. The van der Waals surface area contributed by atoms with Gasteiger partial charge in [-0.2, -0.15) is 0 Å². The summed E-state index contributed by atoms with van der Waals surface area (Å²) in [6.45, 7) is 7.95. The molecule has 0 radical (unpaired) electrons. The fourth-order valence-electron chi connectivity index (χ4n) is 2.59. The van der Waals surface area contributed by atoms with E-state index in [1.165, 1.54) is 27.9 Å². The van der Waals surface area contributed by atoms with Crippen LogP contribution in [-0.4, -0.2) is 6.73 Å². The molecule has 0 N–H and O–H groups in total. The monoisotopic (exact) mass is 253 g/mol. The number of fused-ring (bicyclic) bond motifs is 1. The number of ether oxygens (including phenoxy) is 1. The molecule has 98 valence electrons. The number of anilines is 1. The maximum absolute atomic E-state index is 5.87. The Balaban J connectivity index is 1.95. The number of hydrogen-bond acceptors (Lipinski definition) is 2. The zero-order valence-corrected chi connectivity index (χ0v) is 11.7. The van der Waals surface area contributed by atoms with Crippen molar-refractivity contribution in [1.29, 1.82) is 0 Å². The highest BCUT2D eigenvalue weighted by Gasteiger charge is 2.18. The van der Waals surface area contributed by atoms with Crippen LogP contribution in [0.4, 0.5) is 5.69 Å². The molecule has 1 heterocycles. The summed E-state index contributed by atoms with van der Waals surface area (Å²) in [5, 5.41) is 0. The molecular weight excluding hydrogens is 234 g/mol. The van der Waals surface area contributed by atoms with Crippen molar-refractivity contribution in [3.05, 3.63) is 58.7 Å². The van der Waals surface area contributed by atoms with Crippen LogP contribution >= 0.6 is 0 Å². The van der Waals surface area contributed by atoms with Crippen LogP contribution in [0, 0.1) is 20.8 Å². The molecule has 0 unspecified atom stereocenters. The molecule has 1 aliphatic rings. The molecule has 2 aromatic rings. The summed E-state index contributed by atoms with van der Waals surface area (Å²) in [6, 6.07) is 13.0. The molecule has 0 bridgehead atoms. The van der Waals surface area contributed by atoms with Gasteiger partial charge in [0.2, 0.25) is 0 Å². The Morgan fingerprint density at radius 2 is 1.68 bits per heavy atom. The average molecular weight is 253 g/mol. The van der Waals surface area contributed by atoms with Crippen molar-refractivity contribution < 1.29 is 4.74 Å². The minimum absolute atomic E-state index is 0.625. The molecule has 1 aliphatic heterocycles. The van der Waals surface area contributed by atoms with E-state index in [1.54, 1.807) is 0 Å². The molecule has 3 rings (SSSR count). The number of rotatable bonds is 1. The van der Waals surface area contributed by atoms with E-state index in [0.717, 1.165) is 12.3 Å². The van der Waals surface area contributed by atoms with Crippen LogP contribution in [0.15, 0.2) is 36.4 Å². The van der Waals surface area contributed by atoms with Gasteiger partial charge in [0.05, 0.1) is 0 Å². The van der Waals surface area contributed by atoms with Crippen molar-refractivity contribution in [2.45, 2.75) is 27.3 Å². The Labute approximate surface area is 114 Å². The van der Waals surface area contributed by atoms with Crippen LogP contribution in [-0.2, 0) is 6.54 Å². The molecule has 0 aromatic heterocycles. The lowest BCUT2D eigenvalue weighted by atomic mass is 10.1. The lowest BCUT2D eigenvalue weighted by Gasteiger charge is -2.32. The van der Waals surface area contributed by atoms with Gasteiger partial charge in [-0.3, -0.25) is 0 Å². The summed E-state index contributed by atoms with van der Waals surface area (Å²) in [6.07, 6.45) is 0. The van der Waals surface area contributed by atoms with E-state index < -0.39 is 0 Å². The molecule has 0 saturated carbocycles. The van der Waals surface area contributed by atoms with Crippen molar-refractivity contribution in [1.82, 2.24) is 0 Å². The van der Waals surface area contributed by atoms with Gasteiger partial charge in [-0.25, -0.2) is 0 Å². The fraction of sp³-hybridized carbons (Fsp3) is 0.294. The van der Waals surface area contributed by atoms with Gasteiger partial charge >= 0.3 is 0 Å². The summed E-state index contributed by atoms with van der Waals surface area (Å²) in [5.41, 5.74) is 6.41. The largest absolute Gasteiger partial charge is 0.473 e. The first-order valence-electron chi connectivity index (χ1n) is 6.68. The maximum atomic E-state index is 5.87. The summed E-state index contributed by atoms with van der Waals surface area (Å²) in [5.74, 6) is 1.02. The van der Waals surface area contributed by atoms with Crippen LogP contribution in [0.2, 0.25) is 0 Å². The second-order valence-electron chi connectivity index (χ2n) is 5.37. The maximum Gasteiger partial charge on any atom is 0.161 e. The highest BCUT2D eigenvalue weighted by molar-refractivity contribution is 5.56. The number of hydrogen-bond donors (Lipinski definition) is 0. The second-order valence-corrected chi connectivity index (χ2v) is 5.37. The third kappa shape index (κ3) is 2.30. The summed E-state index contributed by atoms with van der Waals surface area (Å²) in [7, 11) is 0. The zero-order valence-electron chi connectivity index (χ0n) is 11.7. The number of nitrogens with zero attached hydrogens (tertiary/aromatic N) is 1. The predicted molar refractivity (Wildman–Crippen MR) is 78.8 cm³/mol. The van der Waals surface area contributed by atoms with E-state index in [9.17, 15) is 0 Å². The molecule has 19 heavy (non-hydrogen) atoms. The number of aryl methyl sites for hydroxylation is 3. The highest BCUT2D eigenvalue weighted by atomic mass is 16.5. The lowest BCUT2D eigenvalue weighted by molar-refractivity contribution is 0.289. The minimum atomic E-state index is 0.625. The van der Waals surface area contributed by atoms with E-state index in [0.29, 0.717) is 6.73 Å². The van der Waals surface area contributed by atoms with Gasteiger partial charge in [0, 0.05) is 17.8 Å². The van der Waals surface area contributed by atoms with E-state index in [1.807, 2.05) is 0 Å². The fourth-order valence-corrected chi connectivity index (χ4v) is 2.59. The third-order valence-corrected chi connectivity index (χ3v) is 3.66. The molecule has 2 aromatic carbocycles. The molecule has 0 spiro atoms. The molecule has 0 aliphatic carbocycles. The molecular formula is C17H19NO. The molecule has 2 nitrogen and oxygen atoms in total. The molecule has 0 saturated heterocycles. The minimum Gasteiger partial charge on any atom is -0.473 e. The van der Waals surface area contributed by atoms with Gasteiger partial charge < -0.3 is 9.64 Å². The molecule has 0 amide bonds. The van der Waals surface area contributed by atoms with E-state index in [2.05, 4.69) is 62.1 Å². The predicted octanol–water partition coefficient (Wildman–Crippen LogP) is 3.97. The van der Waals surface area contributed by atoms with Crippen molar-refractivity contribution in [2.75, 3.05) is 11.6 Å². The number of benzene rings is 2. The van der Waals surface area contributed by atoms with Crippen LogP contribution in [0.3, 0.4) is 0 Å². The normalized spacial score (nSPS) is 13.9. The lowest BCUT2D eigenvalue weighted by Crippen LogP contribution is -2.32. The van der Waals surface area contributed by atoms with E-state index >= 15 is 0 Å². The van der Waals surface area contributed by atoms with Crippen LogP contribution in [0.25, 0.3) is 0 Å². The van der Waals surface area contributed by atoms with Crippen molar-refractivity contribution in [2.24, 2.45) is 0 Å². The van der Waals surface area contributed by atoms with Gasteiger partial charge in [0.25, 0.3) is 0 Å². The first-order chi connectivity index (χ1) is 9.13. The highest BCUT2D eigenvalue weighted by Crippen LogP contribution is 2.30. The van der Waals surface area contributed by atoms with Gasteiger partial charge in [-0.05, 0) is 44.0 Å². The standard InChI is InChI=1S/C17H19NO/c1-12-5-7-17-15(8-12)10-18(11-19-17)16-9-13(2)4-6-14(16)3/h4-9H,10-11H2,1-3H3. The van der Waals surface area contributed by atoms with Crippen molar-refractivity contribution >= 4 is 5.69 Å². The third-order valence-electron chi connectivity index (χ3n) is 3.66. The van der Waals surface area contributed by atoms with Gasteiger partial charge in [-0.1, -0.05) is 29.8 Å². The van der Waals surface area contributed by atoms with Crippen molar-refractivity contribution in [3.8, 4) is 5.75 Å². The molecule has 2 heteroatoms. The second kappa shape index (κ2) is 4.61. The Morgan fingerprint density at radius 1 is 0.947 bits per heavy atom. The Kier molecular flexibility index (Phi) is 2.94. The van der Waals surface area contributed by atoms with E-state index in [4.69, 9.17) is 4.74 Å². The van der Waals surface area contributed by atoms with E-state index in [-0.39, 0.29) is 0 Å². The first-order valence-corrected chi connectivity index (χ1v) is 6.68. The Hall–Kier alpha value is -1.96. The Bertz CT molecular complexity index is 619. The zero-order chi connectivity index (χ0) is 13.4. The van der Waals surface area contributed by atoms with Crippen molar-refractivity contribution in [3.63, 3.8) is 0 Å². The average Bonchev–Trinajstić information content (AvgIpc) is 2.40. The van der Waals surface area contributed by atoms with Crippen LogP contribution < -0.4 is 9.64 Å². The SMILES string of the molecule is Cc1ccc2c(c1)CN(c1cc(C)ccc1C)CO2. The van der Waals surface area contributed by atoms with Gasteiger partial charge in [0.1, 0.15) is 5.75 Å². The molecule has 0 atom stereocenters. The smallest absolute Gasteiger partial charge is 0.161 e. The van der Waals surface area contributed by atoms with Gasteiger partial charge in [-0.15, -0.1) is 0 Å². The van der Waals surface area contributed by atoms with Crippen LogP contribution in [0.1, 0.15) is 22.3 Å². The molecule has 0 fully saturated rings. The van der Waals surface area contributed by atoms with Gasteiger partial charge in [0.15, 0.2) is 6.73 Å². The first kappa shape index (κ1) is 12.1.